The Morgan fingerprint density at radius 2 is 1.61 bits per heavy atom. The largest absolute Gasteiger partial charge is 0.386 e. The summed E-state index contributed by atoms with van der Waals surface area (Å²) in [4.78, 5) is 13.4. The van der Waals surface area contributed by atoms with Gasteiger partial charge in [0.2, 0.25) is 0 Å². The van der Waals surface area contributed by atoms with Crippen LogP contribution in [-0.4, -0.2) is 11.1 Å². The number of nitrogens with one attached hydrogen (secondary N) is 2. The van der Waals surface area contributed by atoms with Crippen molar-refractivity contribution in [2.24, 2.45) is 0 Å². The molecule has 2 aliphatic rings. The predicted molar refractivity (Wildman–Crippen MR) is 120 cm³/mol. The predicted octanol–water partition coefficient (Wildman–Crippen LogP) is 4.46. The number of nitriles is 2. The second-order valence-electron chi connectivity index (χ2n) is 8.56. The van der Waals surface area contributed by atoms with Crippen LogP contribution in [0.1, 0.15) is 65.6 Å². The first-order valence-corrected chi connectivity index (χ1v) is 11.2. The third-order valence-corrected chi connectivity index (χ3v) is 6.76. The van der Waals surface area contributed by atoms with Gasteiger partial charge in [0.25, 0.3) is 0 Å². The van der Waals surface area contributed by atoms with Crippen molar-refractivity contribution < 1.29 is 9.90 Å². The van der Waals surface area contributed by atoms with Gasteiger partial charge in [-0.05, 0) is 110 Å². The maximum atomic E-state index is 12.8. The van der Waals surface area contributed by atoms with Crippen LogP contribution in [0.25, 0.3) is 0 Å². The minimum atomic E-state index is -1.09. The Bertz CT molecular complexity index is 1120. The van der Waals surface area contributed by atoms with Crippen LogP contribution in [-0.2, 0) is 31.3 Å². The highest BCUT2D eigenvalue weighted by atomic mass is 32.2. The maximum Gasteiger partial charge on any atom is 0.329 e. The summed E-state index contributed by atoms with van der Waals surface area (Å²) in [6.45, 7) is 3.31. The zero-order chi connectivity index (χ0) is 22.2. The van der Waals surface area contributed by atoms with Crippen molar-refractivity contribution >= 4 is 23.7 Å². The van der Waals surface area contributed by atoms with E-state index in [1.54, 1.807) is 32.0 Å². The van der Waals surface area contributed by atoms with Crippen molar-refractivity contribution in [1.29, 1.82) is 10.5 Å². The first kappa shape index (κ1) is 21.2. The maximum absolute atomic E-state index is 12.8. The van der Waals surface area contributed by atoms with Crippen molar-refractivity contribution in [3.8, 4) is 12.1 Å². The van der Waals surface area contributed by atoms with Crippen molar-refractivity contribution in [3.05, 3.63) is 57.1 Å². The Labute approximate surface area is 186 Å². The Morgan fingerprint density at radius 1 is 1.00 bits per heavy atom. The van der Waals surface area contributed by atoms with Crippen molar-refractivity contribution in [1.82, 2.24) is 4.72 Å². The van der Waals surface area contributed by atoms with Gasteiger partial charge in [0.1, 0.15) is 0 Å². The van der Waals surface area contributed by atoms with Gasteiger partial charge in [-0.15, -0.1) is 0 Å². The van der Waals surface area contributed by atoms with Gasteiger partial charge in [0, 0.05) is 10.6 Å². The number of hydrogen-bond acceptors (Lipinski definition) is 5. The Kier molecular flexibility index (Phi) is 5.66. The van der Waals surface area contributed by atoms with Crippen LogP contribution >= 0.6 is 11.9 Å². The summed E-state index contributed by atoms with van der Waals surface area (Å²) >= 11 is 1.11. The fraction of sp³-hybridized carbons (Fsp3) is 0.375. The molecule has 3 N–H and O–H groups in total. The normalized spacial score (nSPS) is 14.4. The molecule has 2 aromatic rings. The van der Waals surface area contributed by atoms with Crippen LogP contribution in [0.3, 0.4) is 0 Å². The van der Waals surface area contributed by atoms with E-state index in [9.17, 15) is 20.4 Å². The number of aliphatic hydroxyl groups is 1. The molecule has 2 aromatic carbocycles. The molecule has 0 unspecified atom stereocenters. The van der Waals surface area contributed by atoms with E-state index in [2.05, 4.69) is 22.2 Å². The van der Waals surface area contributed by atoms with Crippen LogP contribution in [0.4, 0.5) is 10.5 Å². The second kappa shape index (κ2) is 8.26. The number of anilines is 1. The van der Waals surface area contributed by atoms with Crippen LogP contribution in [0.2, 0.25) is 0 Å². The van der Waals surface area contributed by atoms with Crippen molar-refractivity contribution in [3.63, 3.8) is 0 Å². The number of rotatable bonds is 4. The second-order valence-corrected chi connectivity index (χ2v) is 9.44. The van der Waals surface area contributed by atoms with E-state index in [-0.39, 0.29) is 6.03 Å². The molecule has 0 spiro atoms. The third-order valence-electron chi connectivity index (χ3n) is 6.00. The quantitative estimate of drug-likeness (QED) is 0.618. The Hall–Kier alpha value is -3.00. The number of benzene rings is 2. The summed E-state index contributed by atoms with van der Waals surface area (Å²) in [5, 5.41) is 32.3. The van der Waals surface area contributed by atoms with Gasteiger partial charge >= 0.3 is 6.03 Å². The zero-order valence-corrected chi connectivity index (χ0v) is 18.4. The molecule has 0 fully saturated rings. The van der Waals surface area contributed by atoms with Crippen LogP contribution < -0.4 is 10.0 Å². The first-order valence-electron chi connectivity index (χ1n) is 10.4. The molecule has 0 aliphatic heterocycles. The van der Waals surface area contributed by atoms with E-state index < -0.39 is 5.60 Å². The molecule has 2 amide bonds. The summed E-state index contributed by atoms with van der Waals surface area (Å²) in [6, 6.07) is 9.25. The SMILES string of the molecule is CC(C)(O)c1cc(C#N)cc(SNC(=O)Nc2c3c(c(C#N)c4c2CCC4)CCC3)c1. The molecular formula is C24H24N4O2S. The molecular weight excluding hydrogens is 408 g/mol. The number of amides is 2. The summed E-state index contributed by atoms with van der Waals surface area (Å²) in [6.07, 6.45) is 5.52. The lowest BCUT2D eigenvalue weighted by Gasteiger charge is -2.19. The van der Waals surface area contributed by atoms with Gasteiger partial charge in [-0.2, -0.15) is 10.5 Å². The minimum Gasteiger partial charge on any atom is -0.386 e. The molecule has 0 saturated carbocycles. The van der Waals surface area contributed by atoms with Crippen molar-refractivity contribution in [2.45, 2.75) is 62.9 Å². The molecule has 2 aliphatic carbocycles. The summed E-state index contributed by atoms with van der Waals surface area (Å²) < 4.78 is 2.80. The number of nitrogens with zero attached hydrogens (tertiary/aromatic N) is 2. The Morgan fingerprint density at radius 3 is 2.16 bits per heavy atom. The average Bonchev–Trinajstić information content (AvgIpc) is 3.41. The lowest BCUT2D eigenvalue weighted by molar-refractivity contribution is 0.0783. The summed E-state index contributed by atoms with van der Waals surface area (Å²) in [7, 11) is 0. The highest BCUT2D eigenvalue weighted by molar-refractivity contribution is 7.98. The third kappa shape index (κ3) is 4.12. The number of urea groups is 1. The molecule has 0 radical (unpaired) electrons. The molecule has 7 heteroatoms. The molecule has 158 valence electrons. The summed E-state index contributed by atoms with van der Waals surface area (Å²) in [5.74, 6) is 0. The summed E-state index contributed by atoms with van der Waals surface area (Å²) in [5.41, 5.74) is 6.05. The van der Waals surface area contributed by atoms with E-state index in [0.717, 1.165) is 84.0 Å². The van der Waals surface area contributed by atoms with Crippen LogP contribution in [0.5, 0.6) is 0 Å². The number of fused-ring (bicyclic) bond motifs is 2. The van der Waals surface area contributed by atoms with Gasteiger partial charge in [0.05, 0.1) is 28.9 Å². The van der Waals surface area contributed by atoms with Gasteiger partial charge in [-0.1, -0.05) is 0 Å². The fourth-order valence-electron chi connectivity index (χ4n) is 4.56. The van der Waals surface area contributed by atoms with E-state index in [0.29, 0.717) is 16.0 Å². The van der Waals surface area contributed by atoms with Crippen molar-refractivity contribution in [2.75, 3.05) is 5.32 Å². The van der Waals surface area contributed by atoms with Gasteiger partial charge in [0.15, 0.2) is 0 Å². The fourth-order valence-corrected chi connectivity index (χ4v) is 5.19. The Balaban J connectivity index is 1.55. The van der Waals surface area contributed by atoms with E-state index in [4.69, 9.17) is 0 Å². The molecule has 0 aromatic heterocycles. The number of carbonyl (C=O) groups is 1. The molecule has 0 bridgehead atoms. The lowest BCUT2D eigenvalue weighted by atomic mass is 9.93. The smallest absolute Gasteiger partial charge is 0.329 e. The van der Waals surface area contributed by atoms with E-state index >= 15 is 0 Å². The monoisotopic (exact) mass is 432 g/mol. The molecule has 0 atom stereocenters. The first-order chi connectivity index (χ1) is 14.8. The molecule has 4 rings (SSSR count). The molecule has 6 nitrogen and oxygen atoms in total. The zero-order valence-electron chi connectivity index (χ0n) is 17.6. The highest BCUT2D eigenvalue weighted by Crippen LogP contribution is 2.41. The highest BCUT2D eigenvalue weighted by Gasteiger charge is 2.29. The average molecular weight is 433 g/mol. The van der Waals surface area contributed by atoms with Gasteiger partial charge < -0.3 is 10.4 Å². The van der Waals surface area contributed by atoms with Gasteiger partial charge in [-0.3, -0.25) is 4.72 Å². The number of carbonyl (C=O) groups excluding carboxylic acids is 1. The van der Waals surface area contributed by atoms with E-state index in [1.807, 2.05) is 0 Å². The lowest BCUT2D eigenvalue weighted by Crippen LogP contribution is -2.24. The van der Waals surface area contributed by atoms with E-state index in [1.165, 1.54) is 0 Å². The topological polar surface area (TPSA) is 109 Å². The van der Waals surface area contributed by atoms with Crippen LogP contribution in [0, 0.1) is 22.7 Å². The standard InChI is InChI=1S/C24H24N4O2S/c1-24(2,30)15-9-14(12-25)10-16(11-15)31-28-23(29)27-22-19-7-3-5-17(19)21(13-26)18-6-4-8-20(18)22/h9-11,30H,3-8H2,1-2H3,(H2,27,28,29). The van der Waals surface area contributed by atoms with Gasteiger partial charge in [-0.25, -0.2) is 4.79 Å². The number of hydrogen-bond donors (Lipinski definition) is 3. The molecule has 0 heterocycles. The molecule has 31 heavy (non-hydrogen) atoms. The minimum absolute atomic E-state index is 0.343. The molecule has 0 saturated heterocycles. The van der Waals surface area contributed by atoms with Crippen LogP contribution in [0.15, 0.2) is 23.1 Å².